The summed E-state index contributed by atoms with van der Waals surface area (Å²) >= 11 is 0. The van der Waals surface area contributed by atoms with Gasteiger partial charge in [-0.2, -0.15) is 0 Å². The summed E-state index contributed by atoms with van der Waals surface area (Å²) in [4.78, 5) is 2.52. The van der Waals surface area contributed by atoms with Gasteiger partial charge in [0.05, 0.1) is 12.6 Å². The van der Waals surface area contributed by atoms with Crippen LogP contribution >= 0.6 is 0 Å². The van der Waals surface area contributed by atoms with E-state index >= 15 is 0 Å². The van der Waals surface area contributed by atoms with E-state index in [1.807, 2.05) is 18.2 Å². The van der Waals surface area contributed by atoms with Crippen LogP contribution in [-0.2, 0) is 10.3 Å². The number of nitrogens with zero attached hydrogens (tertiary/aromatic N) is 1. The van der Waals surface area contributed by atoms with Gasteiger partial charge in [0.15, 0.2) is 5.72 Å². The third kappa shape index (κ3) is 1.61. The van der Waals surface area contributed by atoms with Crippen molar-refractivity contribution >= 4 is 5.69 Å². The molecule has 1 aromatic carbocycles. The second-order valence-corrected chi connectivity index (χ2v) is 7.56. The van der Waals surface area contributed by atoms with Crippen molar-refractivity contribution < 1.29 is 9.84 Å². The van der Waals surface area contributed by atoms with E-state index in [1.165, 1.54) is 6.42 Å². The highest BCUT2D eigenvalue weighted by atomic mass is 16.5. The molecule has 5 heterocycles. The molecule has 1 unspecified atom stereocenters. The molecule has 0 spiro atoms. The normalized spacial score (nSPS) is 47.0. The third-order valence-electron chi connectivity index (χ3n) is 6.68. The predicted octanol–water partition coefficient (Wildman–Crippen LogP) is 2.31. The number of para-hydroxylation sites is 1. The van der Waals surface area contributed by atoms with Crippen molar-refractivity contribution in [1.82, 2.24) is 4.90 Å². The zero-order chi connectivity index (χ0) is 15.7. The number of anilines is 1. The average molecular weight is 312 g/mol. The van der Waals surface area contributed by atoms with E-state index in [-0.39, 0.29) is 6.04 Å². The van der Waals surface area contributed by atoms with Crippen LogP contribution in [0.4, 0.5) is 5.69 Å². The summed E-state index contributed by atoms with van der Waals surface area (Å²) in [6.07, 6.45) is 5.08. The lowest BCUT2D eigenvalue weighted by Gasteiger charge is -2.55. The van der Waals surface area contributed by atoms with Crippen LogP contribution in [0, 0.1) is 11.8 Å². The molecule has 4 fully saturated rings. The zero-order valence-electron chi connectivity index (χ0n) is 13.4. The molecule has 23 heavy (non-hydrogen) atoms. The highest BCUT2D eigenvalue weighted by molar-refractivity contribution is 5.63. The molecule has 2 N–H and O–H groups in total. The molecule has 2 bridgehead atoms. The molecule has 4 heteroatoms. The highest BCUT2D eigenvalue weighted by Gasteiger charge is 2.67. The summed E-state index contributed by atoms with van der Waals surface area (Å²) in [5, 5.41) is 15.2. The third-order valence-corrected chi connectivity index (χ3v) is 6.68. The summed E-state index contributed by atoms with van der Waals surface area (Å²) in [7, 11) is 0. The number of benzene rings is 1. The topological polar surface area (TPSA) is 44.7 Å². The molecule has 4 nitrogen and oxygen atoms in total. The van der Waals surface area contributed by atoms with Crippen molar-refractivity contribution in [1.29, 1.82) is 0 Å². The van der Waals surface area contributed by atoms with E-state index in [0.29, 0.717) is 24.9 Å². The second kappa shape index (κ2) is 4.59. The van der Waals surface area contributed by atoms with E-state index in [9.17, 15) is 5.11 Å². The Hall–Kier alpha value is -1.36. The maximum absolute atomic E-state index is 11.6. The molecule has 0 radical (unpaired) electrons. The first-order valence-corrected chi connectivity index (χ1v) is 8.78. The molecule has 5 aliphatic heterocycles. The number of hydrogen-bond donors (Lipinski definition) is 2. The zero-order valence-corrected chi connectivity index (χ0v) is 13.4. The van der Waals surface area contributed by atoms with E-state index in [4.69, 9.17) is 4.74 Å². The van der Waals surface area contributed by atoms with Gasteiger partial charge in [-0.05, 0) is 37.3 Å². The van der Waals surface area contributed by atoms with Crippen molar-refractivity contribution in [2.45, 2.75) is 36.6 Å². The average Bonchev–Trinajstić information content (AvgIpc) is 3.05. The standard InChI is InChI=1S/C19H24N2O2/c1-2-13-12-21-9-7-14(13)11-17(21)19-18(22,8-10-23-19)15-5-3-4-6-16(15)20-19/h2-6,13-14,17,20,22H,1,7-12H2/t13-,14-,17+,18-,19+/m0/s1. The fourth-order valence-electron chi connectivity index (χ4n) is 5.51. The molecule has 0 amide bonds. The molecule has 6 rings (SSSR count). The Labute approximate surface area is 137 Å². The summed E-state index contributed by atoms with van der Waals surface area (Å²) in [6.45, 7) is 6.76. The lowest BCUT2D eigenvalue weighted by Crippen LogP contribution is -2.68. The van der Waals surface area contributed by atoms with Gasteiger partial charge >= 0.3 is 0 Å². The minimum atomic E-state index is -0.921. The van der Waals surface area contributed by atoms with Gasteiger partial charge in [-0.1, -0.05) is 24.3 Å². The van der Waals surface area contributed by atoms with Crippen LogP contribution in [0.2, 0.25) is 0 Å². The van der Waals surface area contributed by atoms with E-state index in [2.05, 4.69) is 28.9 Å². The molecular formula is C19H24N2O2. The Balaban J connectivity index is 1.57. The van der Waals surface area contributed by atoms with Crippen LogP contribution in [0.3, 0.4) is 0 Å². The summed E-state index contributed by atoms with van der Waals surface area (Å²) < 4.78 is 6.28. The molecule has 1 aromatic rings. The number of aliphatic hydroxyl groups is 1. The first kappa shape index (κ1) is 14.0. The molecule has 5 aliphatic rings. The molecule has 4 saturated heterocycles. The van der Waals surface area contributed by atoms with Gasteiger partial charge < -0.3 is 15.2 Å². The molecule has 0 saturated carbocycles. The number of rotatable bonds is 2. The van der Waals surface area contributed by atoms with Crippen LogP contribution in [0.5, 0.6) is 0 Å². The van der Waals surface area contributed by atoms with Gasteiger partial charge in [-0.3, -0.25) is 4.90 Å². The SMILES string of the molecule is C=C[C@H]1CN2CC[C@H]1C[C@@H]2[C@]12Nc3ccccc3[C@@]1(O)CCO2. The largest absolute Gasteiger partial charge is 0.380 e. The van der Waals surface area contributed by atoms with Crippen molar-refractivity contribution in [3.8, 4) is 0 Å². The first-order chi connectivity index (χ1) is 11.2. The van der Waals surface area contributed by atoms with Gasteiger partial charge in [0.25, 0.3) is 0 Å². The van der Waals surface area contributed by atoms with Gasteiger partial charge in [-0.25, -0.2) is 0 Å². The Morgan fingerprint density at radius 2 is 2.26 bits per heavy atom. The number of hydrogen-bond acceptors (Lipinski definition) is 4. The van der Waals surface area contributed by atoms with Gasteiger partial charge in [0.2, 0.25) is 0 Å². The smallest absolute Gasteiger partial charge is 0.187 e. The number of piperidine rings is 3. The van der Waals surface area contributed by atoms with Crippen molar-refractivity contribution in [2.75, 3.05) is 25.0 Å². The van der Waals surface area contributed by atoms with Gasteiger partial charge in [0.1, 0.15) is 5.60 Å². The summed E-state index contributed by atoms with van der Waals surface area (Å²) in [6, 6.07) is 8.35. The summed E-state index contributed by atoms with van der Waals surface area (Å²) in [5.74, 6) is 1.24. The number of ether oxygens (including phenoxy) is 1. The Kier molecular flexibility index (Phi) is 2.80. The van der Waals surface area contributed by atoms with Crippen LogP contribution < -0.4 is 5.32 Å². The van der Waals surface area contributed by atoms with Crippen LogP contribution in [0.25, 0.3) is 0 Å². The fourth-order valence-corrected chi connectivity index (χ4v) is 5.51. The minimum absolute atomic E-state index is 0.220. The molecule has 0 aliphatic carbocycles. The highest BCUT2D eigenvalue weighted by Crippen LogP contribution is 2.57. The van der Waals surface area contributed by atoms with Crippen LogP contribution in [0.15, 0.2) is 36.9 Å². The molecule has 6 atom stereocenters. The van der Waals surface area contributed by atoms with E-state index < -0.39 is 11.3 Å². The lowest BCUT2D eigenvalue weighted by atomic mass is 9.70. The Morgan fingerprint density at radius 3 is 3.04 bits per heavy atom. The maximum Gasteiger partial charge on any atom is 0.187 e. The number of fused-ring (bicyclic) bond motifs is 7. The predicted molar refractivity (Wildman–Crippen MR) is 89.0 cm³/mol. The molecular weight excluding hydrogens is 288 g/mol. The van der Waals surface area contributed by atoms with E-state index in [0.717, 1.165) is 30.8 Å². The maximum atomic E-state index is 11.6. The quantitative estimate of drug-likeness (QED) is 0.823. The number of nitrogens with one attached hydrogen (secondary N) is 1. The minimum Gasteiger partial charge on any atom is -0.380 e. The van der Waals surface area contributed by atoms with Crippen molar-refractivity contribution in [3.63, 3.8) is 0 Å². The Bertz CT molecular complexity index is 663. The van der Waals surface area contributed by atoms with Gasteiger partial charge in [-0.15, -0.1) is 6.58 Å². The molecule has 122 valence electrons. The lowest BCUT2D eigenvalue weighted by molar-refractivity contribution is -0.168. The van der Waals surface area contributed by atoms with Crippen molar-refractivity contribution in [2.24, 2.45) is 11.8 Å². The monoisotopic (exact) mass is 312 g/mol. The fraction of sp³-hybridized carbons (Fsp3) is 0.579. The van der Waals surface area contributed by atoms with Gasteiger partial charge in [0, 0.05) is 24.2 Å². The van der Waals surface area contributed by atoms with Crippen LogP contribution in [0.1, 0.15) is 24.8 Å². The van der Waals surface area contributed by atoms with Crippen molar-refractivity contribution in [3.05, 3.63) is 42.5 Å². The summed E-state index contributed by atoms with van der Waals surface area (Å²) in [5.41, 5.74) is 0.412. The van der Waals surface area contributed by atoms with Crippen LogP contribution in [-0.4, -0.2) is 41.5 Å². The molecule has 0 aromatic heterocycles. The first-order valence-electron chi connectivity index (χ1n) is 8.78. The van der Waals surface area contributed by atoms with E-state index in [1.54, 1.807) is 0 Å². The second-order valence-electron chi connectivity index (χ2n) is 7.56. The Morgan fingerprint density at radius 1 is 1.39 bits per heavy atom.